The summed E-state index contributed by atoms with van der Waals surface area (Å²) in [6, 6.07) is 2.02. The highest BCUT2D eigenvalue weighted by atomic mass is 16.5. The van der Waals surface area contributed by atoms with Crippen LogP contribution in [0.3, 0.4) is 0 Å². The van der Waals surface area contributed by atoms with E-state index in [9.17, 15) is 0 Å². The third kappa shape index (κ3) is 2.76. The molecule has 0 aromatic carbocycles. The minimum Gasteiger partial charge on any atom is -0.474 e. The van der Waals surface area contributed by atoms with Crippen LogP contribution in [0.4, 0.5) is 0 Å². The quantitative estimate of drug-likeness (QED) is 0.825. The third-order valence-corrected chi connectivity index (χ3v) is 3.08. The van der Waals surface area contributed by atoms with Crippen molar-refractivity contribution in [3.63, 3.8) is 0 Å². The Morgan fingerprint density at radius 1 is 1.56 bits per heavy atom. The number of aromatic nitrogens is 2. The van der Waals surface area contributed by atoms with Crippen LogP contribution in [0.2, 0.25) is 0 Å². The minimum absolute atomic E-state index is 0.114. The number of hydrogen-bond donors (Lipinski definition) is 1. The van der Waals surface area contributed by atoms with Crippen molar-refractivity contribution < 1.29 is 4.74 Å². The average Bonchev–Trinajstić information content (AvgIpc) is 2.80. The molecule has 1 aliphatic rings. The molecule has 1 aromatic rings. The number of aryl methyl sites for hydroxylation is 2. The van der Waals surface area contributed by atoms with Gasteiger partial charge in [-0.25, -0.2) is 0 Å². The van der Waals surface area contributed by atoms with E-state index >= 15 is 0 Å². The van der Waals surface area contributed by atoms with Gasteiger partial charge in [0.15, 0.2) is 0 Å². The number of nitrogens with two attached hydrogens (primary N) is 1. The van der Waals surface area contributed by atoms with Crippen molar-refractivity contribution in [3.05, 3.63) is 11.8 Å². The molecule has 2 rings (SSSR count). The number of rotatable bonds is 5. The smallest absolute Gasteiger partial charge is 0.233 e. The van der Waals surface area contributed by atoms with Gasteiger partial charge in [-0.3, -0.25) is 4.68 Å². The molecule has 90 valence electrons. The zero-order valence-electron chi connectivity index (χ0n) is 10.4. The Hall–Kier alpha value is -1.03. The van der Waals surface area contributed by atoms with Gasteiger partial charge in [-0.15, -0.1) is 5.10 Å². The molecule has 16 heavy (non-hydrogen) atoms. The van der Waals surface area contributed by atoms with E-state index in [0.717, 1.165) is 18.7 Å². The first kappa shape index (κ1) is 11.5. The first-order valence-electron chi connectivity index (χ1n) is 5.97. The second kappa shape index (κ2) is 4.09. The fourth-order valence-corrected chi connectivity index (χ4v) is 1.80. The van der Waals surface area contributed by atoms with E-state index in [0.29, 0.717) is 0 Å². The van der Waals surface area contributed by atoms with Crippen molar-refractivity contribution in [2.75, 3.05) is 0 Å². The summed E-state index contributed by atoms with van der Waals surface area (Å²) in [5, 5.41) is 4.33. The molecule has 0 unspecified atom stereocenters. The van der Waals surface area contributed by atoms with Crippen LogP contribution in [0, 0.1) is 0 Å². The fourth-order valence-electron chi connectivity index (χ4n) is 1.80. The molecule has 1 aliphatic carbocycles. The zero-order chi connectivity index (χ0) is 11.8. The topological polar surface area (TPSA) is 53.1 Å². The second-order valence-electron chi connectivity index (χ2n) is 5.13. The second-order valence-corrected chi connectivity index (χ2v) is 5.13. The summed E-state index contributed by atoms with van der Waals surface area (Å²) in [6.45, 7) is 4.01. The maximum absolute atomic E-state index is 6.07. The van der Waals surface area contributed by atoms with Gasteiger partial charge in [0.1, 0.15) is 0 Å². The normalized spacial score (nSPS) is 17.8. The molecule has 1 fully saturated rings. The van der Waals surface area contributed by atoms with Crippen molar-refractivity contribution in [1.29, 1.82) is 0 Å². The van der Waals surface area contributed by atoms with Crippen molar-refractivity contribution >= 4 is 0 Å². The first-order chi connectivity index (χ1) is 7.48. The van der Waals surface area contributed by atoms with Crippen molar-refractivity contribution in [3.8, 4) is 5.88 Å². The standard InChI is InChI=1S/C12H21N3O/c1-9(2)16-11-8-10(15(3)14-11)4-5-12(13)6-7-12/h8-9H,4-7,13H2,1-3H3. The molecule has 0 spiro atoms. The van der Waals surface area contributed by atoms with Gasteiger partial charge in [0, 0.05) is 24.3 Å². The third-order valence-electron chi connectivity index (χ3n) is 3.08. The number of nitrogens with zero attached hydrogens (tertiary/aromatic N) is 2. The Balaban J connectivity index is 1.95. The van der Waals surface area contributed by atoms with Gasteiger partial charge in [0.05, 0.1) is 6.10 Å². The average molecular weight is 223 g/mol. The van der Waals surface area contributed by atoms with E-state index in [1.165, 1.54) is 18.5 Å². The molecule has 1 saturated carbocycles. The number of hydrogen-bond acceptors (Lipinski definition) is 3. The van der Waals surface area contributed by atoms with Crippen molar-refractivity contribution in [2.45, 2.75) is 51.2 Å². The van der Waals surface area contributed by atoms with Gasteiger partial charge in [-0.1, -0.05) is 0 Å². The van der Waals surface area contributed by atoms with Crippen molar-refractivity contribution in [1.82, 2.24) is 9.78 Å². The first-order valence-corrected chi connectivity index (χ1v) is 5.97. The summed E-state index contributed by atoms with van der Waals surface area (Å²) in [7, 11) is 1.96. The largest absolute Gasteiger partial charge is 0.474 e. The highest BCUT2D eigenvalue weighted by Crippen LogP contribution is 2.36. The molecule has 4 nitrogen and oxygen atoms in total. The Morgan fingerprint density at radius 2 is 2.25 bits per heavy atom. The molecule has 0 saturated heterocycles. The summed E-state index contributed by atoms with van der Waals surface area (Å²) in [6.07, 6.45) is 4.54. The Bertz CT molecular complexity index is 366. The molecule has 0 amide bonds. The maximum atomic E-state index is 6.07. The minimum atomic E-state index is 0.114. The highest BCUT2D eigenvalue weighted by Gasteiger charge is 2.37. The molecule has 0 bridgehead atoms. The van der Waals surface area contributed by atoms with Crippen LogP contribution < -0.4 is 10.5 Å². The Kier molecular flexibility index (Phi) is 2.93. The lowest BCUT2D eigenvalue weighted by molar-refractivity contribution is 0.230. The maximum Gasteiger partial charge on any atom is 0.233 e. The van der Waals surface area contributed by atoms with Crippen LogP contribution in [0.5, 0.6) is 5.88 Å². The van der Waals surface area contributed by atoms with E-state index in [2.05, 4.69) is 5.10 Å². The summed E-state index contributed by atoms with van der Waals surface area (Å²) in [4.78, 5) is 0. The van der Waals surface area contributed by atoms with E-state index in [1.54, 1.807) is 0 Å². The fraction of sp³-hybridized carbons (Fsp3) is 0.750. The summed E-state index contributed by atoms with van der Waals surface area (Å²) >= 11 is 0. The van der Waals surface area contributed by atoms with E-state index in [4.69, 9.17) is 10.5 Å². The lowest BCUT2D eigenvalue weighted by Gasteiger charge is -2.07. The molecule has 0 aliphatic heterocycles. The van der Waals surface area contributed by atoms with Crippen LogP contribution in [0.25, 0.3) is 0 Å². The SMILES string of the molecule is CC(C)Oc1cc(CCC2(N)CC2)n(C)n1. The molecule has 2 N–H and O–H groups in total. The zero-order valence-corrected chi connectivity index (χ0v) is 10.4. The monoisotopic (exact) mass is 223 g/mol. The predicted molar refractivity (Wildman–Crippen MR) is 63.4 cm³/mol. The summed E-state index contributed by atoms with van der Waals surface area (Å²) in [5.41, 5.74) is 7.39. The molecule has 0 atom stereocenters. The summed E-state index contributed by atoms with van der Waals surface area (Å²) < 4.78 is 7.45. The van der Waals surface area contributed by atoms with Crippen molar-refractivity contribution in [2.24, 2.45) is 12.8 Å². The molecular weight excluding hydrogens is 202 g/mol. The van der Waals surface area contributed by atoms with E-state index < -0.39 is 0 Å². The van der Waals surface area contributed by atoms with Crippen LogP contribution in [0.15, 0.2) is 6.07 Å². The molecule has 0 radical (unpaired) electrons. The van der Waals surface area contributed by atoms with Gasteiger partial charge in [-0.05, 0) is 39.5 Å². The van der Waals surface area contributed by atoms with Gasteiger partial charge in [-0.2, -0.15) is 0 Å². The van der Waals surface area contributed by atoms with Gasteiger partial charge < -0.3 is 10.5 Å². The van der Waals surface area contributed by atoms with Crippen LogP contribution >= 0.6 is 0 Å². The Labute approximate surface area is 96.8 Å². The molecule has 1 aromatic heterocycles. The Morgan fingerprint density at radius 3 is 2.81 bits per heavy atom. The number of ether oxygens (including phenoxy) is 1. The lowest BCUT2D eigenvalue weighted by Crippen LogP contribution is -2.22. The van der Waals surface area contributed by atoms with Gasteiger partial charge >= 0.3 is 0 Å². The van der Waals surface area contributed by atoms with Crippen LogP contribution in [-0.2, 0) is 13.5 Å². The molecular formula is C12H21N3O. The van der Waals surface area contributed by atoms with Crippen LogP contribution in [-0.4, -0.2) is 21.4 Å². The highest BCUT2D eigenvalue weighted by molar-refractivity contribution is 5.17. The van der Waals surface area contributed by atoms with E-state index in [-0.39, 0.29) is 11.6 Å². The molecule has 4 heteroatoms. The van der Waals surface area contributed by atoms with E-state index in [1.807, 2.05) is 31.6 Å². The summed E-state index contributed by atoms with van der Waals surface area (Å²) in [5.74, 6) is 0.717. The van der Waals surface area contributed by atoms with Crippen LogP contribution in [0.1, 0.15) is 38.8 Å². The lowest BCUT2D eigenvalue weighted by atomic mass is 10.1. The van der Waals surface area contributed by atoms with Gasteiger partial charge in [0.2, 0.25) is 5.88 Å². The molecule has 1 heterocycles. The van der Waals surface area contributed by atoms with Gasteiger partial charge in [0.25, 0.3) is 0 Å². The predicted octanol–water partition coefficient (Wildman–Crippen LogP) is 1.63.